The number of esters is 1. The van der Waals surface area contributed by atoms with Gasteiger partial charge in [0.25, 0.3) is 0 Å². The van der Waals surface area contributed by atoms with Gasteiger partial charge >= 0.3 is 5.97 Å². The number of hydrogen-bond donors (Lipinski definition) is 0. The van der Waals surface area contributed by atoms with Crippen LogP contribution in [0.3, 0.4) is 0 Å². The van der Waals surface area contributed by atoms with Crippen LogP contribution in [0.25, 0.3) is 0 Å². The smallest absolute Gasteiger partial charge is 0.337 e. The molecule has 0 saturated heterocycles. The zero-order valence-electron chi connectivity index (χ0n) is 10.5. The van der Waals surface area contributed by atoms with E-state index >= 15 is 0 Å². The lowest BCUT2D eigenvalue weighted by atomic mass is 9.88. The van der Waals surface area contributed by atoms with E-state index in [1.165, 1.54) is 13.5 Å². The van der Waals surface area contributed by atoms with Crippen molar-refractivity contribution in [1.29, 1.82) is 0 Å². The maximum atomic E-state index is 11.7. The van der Waals surface area contributed by atoms with Crippen molar-refractivity contribution < 1.29 is 14.3 Å². The summed E-state index contributed by atoms with van der Waals surface area (Å²) in [6.07, 6.45) is 3.38. The van der Waals surface area contributed by atoms with E-state index in [4.69, 9.17) is 9.47 Å². The molecule has 1 aliphatic heterocycles. The van der Waals surface area contributed by atoms with Crippen LogP contribution in [0.1, 0.15) is 48.0 Å². The van der Waals surface area contributed by atoms with Crippen molar-refractivity contribution in [2.24, 2.45) is 0 Å². The molecule has 3 rings (SSSR count). The molecule has 96 valence electrons. The lowest BCUT2D eigenvalue weighted by Gasteiger charge is -2.23. The number of benzene rings is 1. The van der Waals surface area contributed by atoms with Gasteiger partial charge in [0.1, 0.15) is 11.4 Å². The average molecular weight is 311 g/mol. The summed E-state index contributed by atoms with van der Waals surface area (Å²) in [6, 6.07) is 3.70. The van der Waals surface area contributed by atoms with E-state index in [0.717, 1.165) is 28.6 Å². The number of carbonyl (C=O) groups is 1. The molecule has 0 unspecified atom stereocenters. The van der Waals surface area contributed by atoms with Gasteiger partial charge in [0.05, 0.1) is 17.1 Å². The number of methoxy groups -OCH3 is 1. The van der Waals surface area contributed by atoms with Crippen LogP contribution in [0.5, 0.6) is 5.75 Å². The van der Waals surface area contributed by atoms with Gasteiger partial charge < -0.3 is 9.47 Å². The SMILES string of the molecule is COC(=O)c1cc(Br)c2c(c1)[C@H]1CCC[C@@]1(C)O2. The van der Waals surface area contributed by atoms with E-state index in [-0.39, 0.29) is 11.6 Å². The largest absolute Gasteiger partial charge is 0.485 e. The van der Waals surface area contributed by atoms with E-state index < -0.39 is 0 Å². The van der Waals surface area contributed by atoms with Gasteiger partial charge in [-0.1, -0.05) is 0 Å². The standard InChI is InChI=1S/C14H15BrO3/c1-14-5-3-4-10(14)9-6-8(13(16)17-2)7-11(15)12(9)18-14/h6-7,10H,3-5H2,1-2H3/t10-,14-/m1/s1. The highest BCUT2D eigenvalue weighted by Gasteiger charge is 2.48. The van der Waals surface area contributed by atoms with Crippen LogP contribution in [0.4, 0.5) is 0 Å². The van der Waals surface area contributed by atoms with Gasteiger partial charge in [-0.05, 0) is 54.2 Å². The van der Waals surface area contributed by atoms with Crippen LogP contribution in [0, 0.1) is 0 Å². The Balaban J connectivity index is 2.10. The molecule has 1 aromatic rings. The molecule has 1 heterocycles. The Morgan fingerprint density at radius 2 is 2.33 bits per heavy atom. The van der Waals surface area contributed by atoms with Gasteiger partial charge in [-0.2, -0.15) is 0 Å². The predicted molar refractivity (Wildman–Crippen MR) is 71.1 cm³/mol. The normalized spacial score (nSPS) is 28.5. The first-order valence-electron chi connectivity index (χ1n) is 6.16. The van der Waals surface area contributed by atoms with Crippen LogP contribution in [0.2, 0.25) is 0 Å². The van der Waals surface area contributed by atoms with Crippen molar-refractivity contribution in [1.82, 2.24) is 0 Å². The van der Waals surface area contributed by atoms with Crippen LogP contribution in [-0.4, -0.2) is 18.7 Å². The molecule has 1 aromatic carbocycles. The van der Waals surface area contributed by atoms with Gasteiger partial charge in [0.2, 0.25) is 0 Å². The summed E-state index contributed by atoms with van der Waals surface area (Å²) in [5.74, 6) is 0.994. The minimum atomic E-state index is -0.301. The number of hydrogen-bond acceptors (Lipinski definition) is 3. The molecule has 0 amide bonds. The zero-order valence-corrected chi connectivity index (χ0v) is 12.0. The minimum Gasteiger partial charge on any atom is -0.485 e. The molecule has 2 aliphatic rings. The first kappa shape index (κ1) is 12.0. The van der Waals surface area contributed by atoms with E-state index in [2.05, 4.69) is 22.9 Å². The number of carbonyl (C=O) groups excluding carboxylic acids is 1. The molecule has 18 heavy (non-hydrogen) atoms. The molecule has 1 aliphatic carbocycles. The molecule has 0 spiro atoms. The zero-order chi connectivity index (χ0) is 12.9. The molecule has 0 N–H and O–H groups in total. The number of ether oxygens (including phenoxy) is 2. The molecule has 3 nitrogen and oxygen atoms in total. The Morgan fingerprint density at radius 3 is 3.06 bits per heavy atom. The van der Waals surface area contributed by atoms with Crippen LogP contribution < -0.4 is 4.74 Å². The number of rotatable bonds is 1. The lowest BCUT2D eigenvalue weighted by Crippen LogP contribution is -2.29. The Kier molecular flexibility index (Phi) is 2.66. The second-order valence-electron chi connectivity index (χ2n) is 5.23. The first-order chi connectivity index (χ1) is 8.55. The van der Waals surface area contributed by atoms with Gasteiger partial charge in [0.15, 0.2) is 0 Å². The fourth-order valence-corrected chi connectivity index (χ4v) is 3.75. The van der Waals surface area contributed by atoms with Crippen molar-refractivity contribution in [2.45, 2.75) is 37.7 Å². The summed E-state index contributed by atoms with van der Waals surface area (Å²) in [6.45, 7) is 2.16. The summed E-state index contributed by atoms with van der Waals surface area (Å²) < 4.78 is 11.7. The summed E-state index contributed by atoms with van der Waals surface area (Å²) in [4.78, 5) is 11.7. The Bertz CT molecular complexity index is 526. The quantitative estimate of drug-likeness (QED) is 0.743. The van der Waals surface area contributed by atoms with Gasteiger partial charge in [0, 0.05) is 11.5 Å². The molecular formula is C14H15BrO3. The molecule has 1 saturated carbocycles. The maximum absolute atomic E-state index is 11.7. The summed E-state index contributed by atoms with van der Waals surface area (Å²) >= 11 is 3.50. The van der Waals surface area contributed by atoms with Gasteiger partial charge in [-0.15, -0.1) is 0 Å². The van der Waals surface area contributed by atoms with Gasteiger partial charge in [-0.25, -0.2) is 4.79 Å². The molecule has 2 atom stereocenters. The van der Waals surface area contributed by atoms with Crippen LogP contribution in [-0.2, 0) is 4.74 Å². The van der Waals surface area contributed by atoms with E-state index in [0.29, 0.717) is 11.5 Å². The first-order valence-corrected chi connectivity index (χ1v) is 6.95. The van der Waals surface area contributed by atoms with Crippen molar-refractivity contribution in [2.75, 3.05) is 7.11 Å². The molecule has 0 radical (unpaired) electrons. The third-order valence-corrected chi connectivity index (χ3v) is 4.70. The third kappa shape index (κ3) is 1.58. The van der Waals surface area contributed by atoms with Crippen LogP contribution in [0.15, 0.2) is 16.6 Å². The van der Waals surface area contributed by atoms with Crippen molar-refractivity contribution in [3.05, 3.63) is 27.7 Å². The van der Waals surface area contributed by atoms with E-state index in [1.807, 2.05) is 6.07 Å². The number of halogens is 1. The summed E-state index contributed by atoms with van der Waals surface area (Å²) in [5.41, 5.74) is 1.63. The van der Waals surface area contributed by atoms with Crippen molar-refractivity contribution in [3.8, 4) is 5.75 Å². The molecular weight excluding hydrogens is 296 g/mol. The molecule has 0 bridgehead atoms. The maximum Gasteiger partial charge on any atom is 0.337 e. The highest BCUT2D eigenvalue weighted by Crippen LogP contribution is 2.55. The fraction of sp³-hybridized carbons (Fsp3) is 0.500. The Hall–Kier alpha value is -1.03. The highest BCUT2D eigenvalue weighted by molar-refractivity contribution is 9.10. The predicted octanol–water partition coefficient (Wildman–Crippen LogP) is 3.65. The van der Waals surface area contributed by atoms with Crippen molar-refractivity contribution in [3.63, 3.8) is 0 Å². The third-order valence-electron chi connectivity index (χ3n) is 4.11. The second kappa shape index (κ2) is 3.98. The topological polar surface area (TPSA) is 35.5 Å². The Labute approximate surface area is 115 Å². The van der Waals surface area contributed by atoms with Crippen molar-refractivity contribution >= 4 is 21.9 Å². The summed E-state index contributed by atoms with van der Waals surface area (Å²) in [7, 11) is 1.40. The fourth-order valence-electron chi connectivity index (χ4n) is 3.19. The second-order valence-corrected chi connectivity index (χ2v) is 6.08. The van der Waals surface area contributed by atoms with Gasteiger partial charge in [-0.3, -0.25) is 0 Å². The molecule has 1 fully saturated rings. The summed E-state index contributed by atoms with van der Waals surface area (Å²) in [5, 5.41) is 0. The minimum absolute atomic E-state index is 0.0976. The monoisotopic (exact) mass is 310 g/mol. The van der Waals surface area contributed by atoms with Crippen LogP contribution >= 0.6 is 15.9 Å². The average Bonchev–Trinajstić information content (AvgIpc) is 2.83. The molecule has 4 heteroatoms. The molecule has 0 aromatic heterocycles. The Morgan fingerprint density at radius 1 is 1.56 bits per heavy atom. The lowest BCUT2D eigenvalue weighted by molar-refractivity contribution is 0.0600. The van der Waals surface area contributed by atoms with E-state index in [1.54, 1.807) is 6.07 Å². The highest BCUT2D eigenvalue weighted by atomic mass is 79.9. The van der Waals surface area contributed by atoms with E-state index in [9.17, 15) is 4.79 Å². The number of fused-ring (bicyclic) bond motifs is 3.